The standard InChI is InChI=1S/C15H15O/c1-2-11-16-15-10-6-9-14(12-15)13-7-4-3-5-8-13/h3-10,12H,1-2,11H2. The van der Waals surface area contributed by atoms with Gasteiger partial charge in [0.25, 0.3) is 0 Å². The van der Waals surface area contributed by atoms with E-state index in [1.165, 1.54) is 11.1 Å². The zero-order chi connectivity index (χ0) is 11.2. The van der Waals surface area contributed by atoms with E-state index in [4.69, 9.17) is 4.74 Å². The largest absolute Gasteiger partial charge is 0.494 e. The molecule has 0 saturated carbocycles. The van der Waals surface area contributed by atoms with Gasteiger partial charge in [-0.25, -0.2) is 0 Å². The van der Waals surface area contributed by atoms with Crippen molar-refractivity contribution in [2.75, 3.05) is 6.61 Å². The second-order valence-corrected chi connectivity index (χ2v) is 3.60. The van der Waals surface area contributed by atoms with Crippen molar-refractivity contribution in [3.05, 3.63) is 61.5 Å². The summed E-state index contributed by atoms with van der Waals surface area (Å²) < 4.78 is 5.55. The second-order valence-electron chi connectivity index (χ2n) is 3.60. The molecule has 0 saturated heterocycles. The molecule has 0 aliphatic heterocycles. The monoisotopic (exact) mass is 211 g/mol. The molecule has 0 bridgehead atoms. The van der Waals surface area contributed by atoms with Crippen LogP contribution in [0.5, 0.6) is 5.75 Å². The lowest BCUT2D eigenvalue weighted by Crippen LogP contribution is -1.94. The van der Waals surface area contributed by atoms with Crippen molar-refractivity contribution in [2.24, 2.45) is 0 Å². The highest BCUT2D eigenvalue weighted by molar-refractivity contribution is 5.64. The first-order chi connectivity index (χ1) is 7.90. The van der Waals surface area contributed by atoms with Crippen molar-refractivity contribution in [2.45, 2.75) is 6.42 Å². The molecule has 0 fully saturated rings. The van der Waals surface area contributed by atoms with E-state index in [0.29, 0.717) is 6.61 Å². The maximum absolute atomic E-state index is 5.55. The average Bonchev–Trinajstić information content (AvgIpc) is 2.38. The minimum Gasteiger partial charge on any atom is -0.494 e. The van der Waals surface area contributed by atoms with Gasteiger partial charge in [-0.05, 0) is 36.6 Å². The normalized spacial score (nSPS) is 10.1. The Labute approximate surface area is 96.7 Å². The molecule has 0 aliphatic rings. The van der Waals surface area contributed by atoms with Crippen LogP contribution in [0.1, 0.15) is 6.42 Å². The lowest BCUT2D eigenvalue weighted by molar-refractivity contribution is 0.324. The third-order valence-corrected chi connectivity index (χ3v) is 2.35. The molecule has 0 amide bonds. The van der Waals surface area contributed by atoms with E-state index in [-0.39, 0.29) is 0 Å². The molecule has 0 aromatic heterocycles. The van der Waals surface area contributed by atoms with Crippen molar-refractivity contribution in [1.82, 2.24) is 0 Å². The van der Waals surface area contributed by atoms with Crippen LogP contribution in [0, 0.1) is 6.92 Å². The van der Waals surface area contributed by atoms with Crippen LogP contribution in [0.15, 0.2) is 54.6 Å². The van der Waals surface area contributed by atoms with E-state index in [9.17, 15) is 0 Å². The predicted octanol–water partition coefficient (Wildman–Crippen LogP) is 3.96. The average molecular weight is 211 g/mol. The van der Waals surface area contributed by atoms with Gasteiger partial charge in [0.15, 0.2) is 0 Å². The minimum atomic E-state index is 0.665. The molecule has 1 nitrogen and oxygen atoms in total. The topological polar surface area (TPSA) is 9.23 Å². The fourth-order valence-electron chi connectivity index (χ4n) is 1.59. The third kappa shape index (κ3) is 2.63. The molecular formula is C15H15O. The van der Waals surface area contributed by atoms with Gasteiger partial charge in [0.05, 0.1) is 6.61 Å². The summed E-state index contributed by atoms with van der Waals surface area (Å²) in [6.07, 6.45) is 0.787. The number of benzene rings is 2. The first-order valence-corrected chi connectivity index (χ1v) is 5.47. The van der Waals surface area contributed by atoms with Crippen molar-refractivity contribution in [3.63, 3.8) is 0 Å². The Hall–Kier alpha value is -1.76. The van der Waals surface area contributed by atoms with Crippen LogP contribution in [0.2, 0.25) is 0 Å². The van der Waals surface area contributed by atoms with Gasteiger partial charge in [0.1, 0.15) is 5.75 Å². The van der Waals surface area contributed by atoms with Crippen LogP contribution in [0.4, 0.5) is 0 Å². The van der Waals surface area contributed by atoms with E-state index in [1.807, 2.05) is 30.3 Å². The highest BCUT2D eigenvalue weighted by atomic mass is 16.5. The van der Waals surface area contributed by atoms with Gasteiger partial charge < -0.3 is 4.74 Å². The number of hydrogen-bond acceptors (Lipinski definition) is 1. The lowest BCUT2D eigenvalue weighted by atomic mass is 10.1. The summed E-state index contributed by atoms with van der Waals surface area (Å²) >= 11 is 0. The summed E-state index contributed by atoms with van der Waals surface area (Å²) in [7, 11) is 0. The van der Waals surface area contributed by atoms with Gasteiger partial charge in [-0.15, -0.1) is 0 Å². The van der Waals surface area contributed by atoms with Crippen LogP contribution >= 0.6 is 0 Å². The molecule has 0 spiro atoms. The zero-order valence-electron chi connectivity index (χ0n) is 9.23. The lowest BCUT2D eigenvalue weighted by Gasteiger charge is -2.06. The maximum atomic E-state index is 5.55. The molecule has 1 radical (unpaired) electrons. The fraction of sp³-hybridized carbons (Fsp3) is 0.133. The smallest absolute Gasteiger partial charge is 0.119 e. The zero-order valence-corrected chi connectivity index (χ0v) is 9.23. The summed E-state index contributed by atoms with van der Waals surface area (Å²) in [6.45, 7) is 4.42. The molecule has 16 heavy (non-hydrogen) atoms. The van der Waals surface area contributed by atoms with E-state index >= 15 is 0 Å². The molecule has 0 heterocycles. The molecule has 2 aromatic rings. The first-order valence-electron chi connectivity index (χ1n) is 5.47. The predicted molar refractivity (Wildman–Crippen MR) is 67.3 cm³/mol. The van der Waals surface area contributed by atoms with Crippen LogP contribution < -0.4 is 4.74 Å². The van der Waals surface area contributed by atoms with Gasteiger partial charge in [0, 0.05) is 0 Å². The van der Waals surface area contributed by atoms with Crippen molar-refractivity contribution >= 4 is 0 Å². The molecule has 2 rings (SSSR count). The van der Waals surface area contributed by atoms with E-state index in [0.717, 1.165) is 12.2 Å². The first kappa shape index (κ1) is 10.7. The number of hydrogen-bond donors (Lipinski definition) is 0. The highest BCUT2D eigenvalue weighted by Crippen LogP contribution is 2.23. The molecule has 2 aromatic carbocycles. The quantitative estimate of drug-likeness (QED) is 0.743. The van der Waals surface area contributed by atoms with Gasteiger partial charge >= 0.3 is 0 Å². The molecular weight excluding hydrogens is 196 g/mol. The molecule has 0 N–H and O–H groups in total. The molecule has 0 aliphatic carbocycles. The van der Waals surface area contributed by atoms with Crippen LogP contribution in [0.3, 0.4) is 0 Å². The Morgan fingerprint density at radius 3 is 2.38 bits per heavy atom. The Bertz CT molecular complexity index is 434. The van der Waals surface area contributed by atoms with Crippen molar-refractivity contribution < 1.29 is 4.74 Å². The molecule has 1 heteroatoms. The summed E-state index contributed by atoms with van der Waals surface area (Å²) in [5, 5.41) is 0. The summed E-state index contributed by atoms with van der Waals surface area (Å²) in [4.78, 5) is 0. The van der Waals surface area contributed by atoms with Gasteiger partial charge in [-0.2, -0.15) is 0 Å². The van der Waals surface area contributed by atoms with Crippen LogP contribution in [-0.4, -0.2) is 6.61 Å². The highest BCUT2D eigenvalue weighted by Gasteiger charge is 1.98. The third-order valence-electron chi connectivity index (χ3n) is 2.35. The van der Waals surface area contributed by atoms with Crippen molar-refractivity contribution in [1.29, 1.82) is 0 Å². The summed E-state index contributed by atoms with van der Waals surface area (Å²) in [6, 6.07) is 18.4. The van der Waals surface area contributed by atoms with Gasteiger partial charge in [-0.3, -0.25) is 0 Å². The summed E-state index contributed by atoms with van der Waals surface area (Å²) in [5.74, 6) is 0.907. The summed E-state index contributed by atoms with van der Waals surface area (Å²) in [5.41, 5.74) is 2.39. The fourth-order valence-corrected chi connectivity index (χ4v) is 1.59. The van der Waals surface area contributed by atoms with E-state index in [1.54, 1.807) is 0 Å². The Balaban J connectivity index is 2.22. The van der Waals surface area contributed by atoms with Gasteiger partial charge in [0.2, 0.25) is 0 Å². The second kappa shape index (κ2) is 5.36. The molecule has 81 valence electrons. The van der Waals surface area contributed by atoms with Crippen molar-refractivity contribution in [3.8, 4) is 16.9 Å². The molecule has 0 unspecified atom stereocenters. The number of ether oxygens (including phenoxy) is 1. The Morgan fingerprint density at radius 2 is 1.62 bits per heavy atom. The SMILES string of the molecule is [CH2]CCOc1cccc(-c2ccccc2)c1. The molecule has 0 atom stereocenters. The Kier molecular flexibility index (Phi) is 3.60. The minimum absolute atomic E-state index is 0.665. The maximum Gasteiger partial charge on any atom is 0.119 e. The van der Waals surface area contributed by atoms with E-state index < -0.39 is 0 Å². The van der Waals surface area contributed by atoms with Crippen LogP contribution in [-0.2, 0) is 0 Å². The Morgan fingerprint density at radius 1 is 0.875 bits per heavy atom. The van der Waals surface area contributed by atoms with Gasteiger partial charge in [-0.1, -0.05) is 42.5 Å². The van der Waals surface area contributed by atoms with Crippen LogP contribution in [0.25, 0.3) is 11.1 Å². The van der Waals surface area contributed by atoms with E-state index in [2.05, 4.69) is 31.2 Å². The number of rotatable bonds is 4.